The van der Waals surface area contributed by atoms with Gasteiger partial charge in [-0.3, -0.25) is 9.59 Å². The van der Waals surface area contributed by atoms with Crippen LogP contribution >= 0.6 is 0 Å². The van der Waals surface area contributed by atoms with Gasteiger partial charge < -0.3 is 5.11 Å². The second-order valence-electron chi connectivity index (χ2n) is 2.81. The van der Waals surface area contributed by atoms with Gasteiger partial charge in [-0.2, -0.15) is 0 Å². The fourth-order valence-corrected chi connectivity index (χ4v) is 1.05. The average Bonchev–Trinajstić information content (AvgIpc) is 1.85. The normalized spacial score (nSPS) is 15.5. The molecule has 64 valence electrons. The number of carbonyl (C=O) groups is 2. The second kappa shape index (κ2) is 4.11. The minimum absolute atomic E-state index is 0.0648. The van der Waals surface area contributed by atoms with Gasteiger partial charge in [0.25, 0.3) is 0 Å². The molecular formula is C8H14O3. The molecule has 0 radical (unpaired) electrons. The van der Waals surface area contributed by atoms with E-state index in [2.05, 4.69) is 0 Å². The highest BCUT2D eigenvalue weighted by molar-refractivity contribution is 5.97. The molecule has 0 amide bonds. The molecule has 0 saturated carbocycles. The topological polar surface area (TPSA) is 54.4 Å². The molecule has 0 aromatic rings. The second-order valence-corrected chi connectivity index (χ2v) is 2.81. The van der Waals surface area contributed by atoms with Crippen LogP contribution < -0.4 is 0 Å². The van der Waals surface area contributed by atoms with E-state index in [1.807, 2.05) is 6.92 Å². The first-order valence-corrected chi connectivity index (χ1v) is 3.74. The molecule has 3 nitrogen and oxygen atoms in total. The fraction of sp³-hybridized carbons (Fsp3) is 0.750. The van der Waals surface area contributed by atoms with Gasteiger partial charge in [-0.25, -0.2) is 0 Å². The Balaban J connectivity index is 4.34. The number of rotatable bonds is 4. The molecule has 0 bridgehead atoms. The molecule has 3 heteroatoms. The van der Waals surface area contributed by atoms with Crippen LogP contribution in [0.3, 0.4) is 0 Å². The summed E-state index contributed by atoms with van der Waals surface area (Å²) in [6.45, 7) is 4.98. The van der Waals surface area contributed by atoms with Gasteiger partial charge in [0.1, 0.15) is 11.7 Å². The van der Waals surface area contributed by atoms with Crippen molar-refractivity contribution in [2.24, 2.45) is 11.8 Å². The summed E-state index contributed by atoms with van der Waals surface area (Å²) in [6.07, 6.45) is 0.719. The van der Waals surface area contributed by atoms with Crippen molar-refractivity contribution >= 4 is 11.8 Å². The lowest BCUT2D eigenvalue weighted by molar-refractivity contribution is -0.147. The lowest BCUT2D eigenvalue weighted by atomic mass is 9.89. The molecule has 0 aromatic carbocycles. The van der Waals surface area contributed by atoms with Crippen LogP contribution in [0.1, 0.15) is 27.2 Å². The molecule has 0 saturated heterocycles. The highest BCUT2D eigenvalue weighted by Crippen LogP contribution is 2.16. The molecular weight excluding hydrogens is 144 g/mol. The number of hydrogen-bond donors (Lipinski definition) is 1. The molecule has 0 aliphatic heterocycles. The molecule has 2 unspecified atom stereocenters. The minimum atomic E-state index is -1.01. The van der Waals surface area contributed by atoms with E-state index in [-0.39, 0.29) is 11.7 Å². The number of hydrogen-bond acceptors (Lipinski definition) is 2. The standard InChI is InChI=1S/C8H14O3/c1-4-5(2)7(6(3)9)8(10)11/h5,7H,4H2,1-3H3,(H,10,11). The molecule has 0 aliphatic carbocycles. The number of aliphatic carboxylic acids is 1. The number of carboxylic acids is 1. The molecule has 0 rings (SSSR count). The summed E-state index contributed by atoms with van der Waals surface area (Å²) in [5.74, 6) is -2.15. The smallest absolute Gasteiger partial charge is 0.314 e. The number of carboxylic acid groups (broad SMARTS) is 1. The van der Waals surface area contributed by atoms with Gasteiger partial charge in [0.2, 0.25) is 0 Å². The van der Waals surface area contributed by atoms with Gasteiger partial charge in [-0.05, 0) is 12.8 Å². The van der Waals surface area contributed by atoms with Crippen molar-refractivity contribution in [2.75, 3.05) is 0 Å². The SMILES string of the molecule is CCC(C)C(C(C)=O)C(=O)O. The predicted octanol–water partition coefficient (Wildman–Crippen LogP) is 1.32. The number of carbonyl (C=O) groups excluding carboxylic acids is 1. The Hall–Kier alpha value is -0.860. The zero-order valence-electron chi connectivity index (χ0n) is 7.13. The maximum atomic E-state index is 10.8. The van der Waals surface area contributed by atoms with E-state index >= 15 is 0 Å². The summed E-state index contributed by atoms with van der Waals surface area (Å²) in [6, 6.07) is 0. The molecule has 0 heterocycles. The van der Waals surface area contributed by atoms with Crippen LogP contribution in [-0.4, -0.2) is 16.9 Å². The van der Waals surface area contributed by atoms with Crippen molar-refractivity contribution in [3.05, 3.63) is 0 Å². The third-order valence-electron chi connectivity index (χ3n) is 1.92. The number of Topliss-reactive ketones (excluding diaryl/α,β-unsaturated/α-hetero) is 1. The maximum Gasteiger partial charge on any atom is 0.314 e. The Morgan fingerprint density at radius 2 is 1.91 bits per heavy atom. The van der Waals surface area contributed by atoms with Gasteiger partial charge in [-0.15, -0.1) is 0 Å². The van der Waals surface area contributed by atoms with Gasteiger partial charge >= 0.3 is 5.97 Å². The summed E-state index contributed by atoms with van der Waals surface area (Å²) in [5, 5.41) is 8.62. The van der Waals surface area contributed by atoms with E-state index in [9.17, 15) is 9.59 Å². The monoisotopic (exact) mass is 158 g/mol. The first-order valence-electron chi connectivity index (χ1n) is 3.74. The van der Waals surface area contributed by atoms with Crippen LogP contribution in [0.5, 0.6) is 0 Å². The third kappa shape index (κ3) is 2.70. The van der Waals surface area contributed by atoms with Crippen LogP contribution in [-0.2, 0) is 9.59 Å². The Kier molecular flexibility index (Phi) is 3.79. The van der Waals surface area contributed by atoms with E-state index in [1.54, 1.807) is 6.92 Å². The van der Waals surface area contributed by atoms with Crippen LogP contribution in [0.2, 0.25) is 0 Å². The summed E-state index contributed by atoms with van der Waals surface area (Å²) < 4.78 is 0. The van der Waals surface area contributed by atoms with Crippen LogP contribution in [0.15, 0.2) is 0 Å². The van der Waals surface area contributed by atoms with Crippen LogP contribution in [0.25, 0.3) is 0 Å². The summed E-state index contributed by atoms with van der Waals surface area (Å²) in [4.78, 5) is 21.3. The van der Waals surface area contributed by atoms with Crippen molar-refractivity contribution in [1.82, 2.24) is 0 Å². The average molecular weight is 158 g/mol. The van der Waals surface area contributed by atoms with Gasteiger partial charge in [0.05, 0.1) is 0 Å². The van der Waals surface area contributed by atoms with Crippen molar-refractivity contribution in [3.63, 3.8) is 0 Å². The molecule has 0 spiro atoms. The minimum Gasteiger partial charge on any atom is -0.481 e. The van der Waals surface area contributed by atoms with Crippen LogP contribution in [0, 0.1) is 11.8 Å². The van der Waals surface area contributed by atoms with E-state index in [1.165, 1.54) is 6.92 Å². The lowest BCUT2D eigenvalue weighted by Crippen LogP contribution is -2.27. The van der Waals surface area contributed by atoms with E-state index in [4.69, 9.17) is 5.11 Å². The summed E-state index contributed by atoms with van der Waals surface area (Å²) in [5.41, 5.74) is 0. The van der Waals surface area contributed by atoms with Gasteiger partial charge in [0.15, 0.2) is 0 Å². The molecule has 1 N–H and O–H groups in total. The predicted molar refractivity (Wildman–Crippen MR) is 41.3 cm³/mol. The van der Waals surface area contributed by atoms with Crippen LogP contribution in [0.4, 0.5) is 0 Å². The van der Waals surface area contributed by atoms with E-state index < -0.39 is 11.9 Å². The summed E-state index contributed by atoms with van der Waals surface area (Å²) in [7, 11) is 0. The van der Waals surface area contributed by atoms with E-state index in [0.717, 1.165) is 6.42 Å². The fourth-order valence-electron chi connectivity index (χ4n) is 1.05. The first-order chi connectivity index (χ1) is 5.00. The van der Waals surface area contributed by atoms with Gasteiger partial charge in [0, 0.05) is 0 Å². The van der Waals surface area contributed by atoms with E-state index in [0.29, 0.717) is 0 Å². The molecule has 0 aliphatic rings. The van der Waals surface area contributed by atoms with Crippen molar-refractivity contribution < 1.29 is 14.7 Å². The zero-order valence-corrected chi connectivity index (χ0v) is 7.13. The molecule has 2 atom stereocenters. The van der Waals surface area contributed by atoms with Crippen molar-refractivity contribution in [3.8, 4) is 0 Å². The highest BCUT2D eigenvalue weighted by atomic mass is 16.4. The quantitative estimate of drug-likeness (QED) is 0.628. The van der Waals surface area contributed by atoms with Crippen molar-refractivity contribution in [2.45, 2.75) is 27.2 Å². The van der Waals surface area contributed by atoms with Gasteiger partial charge in [-0.1, -0.05) is 20.3 Å². The Labute approximate surface area is 66.4 Å². The largest absolute Gasteiger partial charge is 0.481 e. The molecule has 0 fully saturated rings. The summed E-state index contributed by atoms with van der Waals surface area (Å²) >= 11 is 0. The maximum absolute atomic E-state index is 10.8. The zero-order chi connectivity index (χ0) is 9.02. The Morgan fingerprint density at radius 3 is 2.00 bits per heavy atom. The first kappa shape index (κ1) is 10.1. The Bertz CT molecular complexity index is 149. The Morgan fingerprint density at radius 1 is 1.45 bits per heavy atom. The molecule has 0 aromatic heterocycles. The number of ketones is 1. The highest BCUT2D eigenvalue weighted by Gasteiger charge is 2.27. The van der Waals surface area contributed by atoms with Crippen molar-refractivity contribution in [1.29, 1.82) is 0 Å². The molecule has 11 heavy (non-hydrogen) atoms. The lowest BCUT2D eigenvalue weighted by Gasteiger charge is -2.14. The third-order valence-corrected chi connectivity index (χ3v) is 1.92.